The predicted octanol–water partition coefficient (Wildman–Crippen LogP) is 7.71. The van der Waals surface area contributed by atoms with Crippen LogP contribution in [0, 0.1) is 22.7 Å². The van der Waals surface area contributed by atoms with E-state index < -0.39 is 6.10 Å². The van der Waals surface area contributed by atoms with Gasteiger partial charge in [-0.2, -0.15) is 0 Å². The molecule has 2 fully saturated rings. The van der Waals surface area contributed by atoms with E-state index in [1.165, 1.54) is 9.81 Å². The van der Waals surface area contributed by atoms with E-state index in [-0.39, 0.29) is 16.9 Å². The molecule has 0 aromatic carbocycles. The van der Waals surface area contributed by atoms with Crippen molar-refractivity contribution < 1.29 is 10.2 Å². The first-order chi connectivity index (χ1) is 19.3. The van der Waals surface area contributed by atoms with Gasteiger partial charge in [0, 0.05) is 24.9 Å². The van der Waals surface area contributed by atoms with Crippen LogP contribution in [-0.4, -0.2) is 76.8 Å². The molecule has 0 aromatic heterocycles. The van der Waals surface area contributed by atoms with Gasteiger partial charge in [-0.15, -0.1) is 23.5 Å². The van der Waals surface area contributed by atoms with Gasteiger partial charge < -0.3 is 20.0 Å². The normalized spacial score (nSPS) is 24.8. The number of aliphatic hydroxyl groups excluding tert-OH is 2. The third kappa shape index (κ3) is 9.05. The van der Waals surface area contributed by atoms with Crippen molar-refractivity contribution >= 4 is 92.3 Å². The van der Waals surface area contributed by atoms with Crippen LogP contribution in [0.2, 0.25) is 0 Å². The lowest BCUT2D eigenvalue weighted by Gasteiger charge is -2.39. The Balaban J connectivity index is 1.13. The maximum atomic E-state index is 10.8. The minimum atomic E-state index is -0.402. The number of nitrogens with zero attached hydrogens (tertiary/aromatic N) is 2. The first-order valence-electron chi connectivity index (χ1n) is 15.0. The number of hydrogen-bond donors (Lipinski definition) is 2. The number of rotatable bonds is 14. The SMILES string of the molecule is CC(C)(CCCC(O)CCCC(O)CC(C)(C)CN1C(=S)C=C2SCCC2C1=S)CN1C(=S)C=C2SCCC2C1=S. The van der Waals surface area contributed by atoms with Gasteiger partial charge in [0.2, 0.25) is 0 Å². The van der Waals surface area contributed by atoms with E-state index in [2.05, 4.69) is 49.6 Å². The number of thioether (sulfide) groups is 2. The zero-order valence-corrected chi connectivity index (χ0v) is 29.8. The molecule has 2 N–H and O–H groups in total. The summed E-state index contributed by atoms with van der Waals surface area (Å²) < 4.78 is 0. The van der Waals surface area contributed by atoms with Gasteiger partial charge in [0.15, 0.2) is 0 Å². The molecule has 0 bridgehead atoms. The Morgan fingerprint density at radius 1 is 0.756 bits per heavy atom. The third-order valence-electron chi connectivity index (χ3n) is 8.66. The molecule has 4 rings (SSSR count). The van der Waals surface area contributed by atoms with Crippen LogP contribution in [-0.2, 0) is 0 Å². The molecule has 0 aliphatic carbocycles. The van der Waals surface area contributed by atoms with Crippen molar-refractivity contribution in [2.75, 3.05) is 24.6 Å². The lowest BCUT2D eigenvalue weighted by Crippen LogP contribution is -2.46. The lowest BCUT2D eigenvalue weighted by molar-refractivity contribution is 0.0885. The van der Waals surface area contributed by atoms with Crippen LogP contribution in [0.4, 0.5) is 0 Å². The summed E-state index contributed by atoms with van der Waals surface area (Å²) in [7, 11) is 0. The van der Waals surface area contributed by atoms with Crippen LogP contribution in [0.15, 0.2) is 22.0 Å². The van der Waals surface area contributed by atoms with Crippen molar-refractivity contribution in [1.82, 2.24) is 9.80 Å². The molecular weight excluding hydrogens is 625 g/mol. The zero-order valence-electron chi connectivity index (χ0n) is 24.9. The van der Waals surface area contributed by atoms with Crippen LogP contribution in [0.1, 0.15) is 85.5 Å². The molecule has 4 aliphatic heterocycles. The van der Waals surface area contributed by atoms with Gasteiger partial charge in [0.05, 0.1) is 22.2 Å². The minimum absolute atomic E-state index is 0.0552. The fraction of sp³-hybridized carbons (Fsp3) is 0.742. The molecule has 228 valence electrons. The summed E-state index contributed by atoms with van der Waals surface area (Å²) in [6.45, 7) is 10.5. The number of hydrogen-bond acceptors (Lipinski definition) is 8. The second-order valence-corrected chi connectivity index (χ2v) is 17.7. The summed E-state index contributed by atoms with van der Waals surface area (Å²) in [5.41, 5.74) is -0.0680. The van der Waals surface area contributed by atoms with Crippen LogP contribution in [0.5, 0.6) is 0 Å². The van der Waals surface area contributed by atoms with Crippen LogP contribution < -0.4 is 0 Å². The summed E-state index contributed by atoms with van der Waals surface area (Å²) in [5, 5.41) is 21.5. The third-order valence-corrected chi connectivity index (χ3v) is 12.7. The van der Waals surface area contributed by atoms with E-state index in [0.717, 1.165) is 89.5 Å². The Labute approximate surface area is 277 Å². The topological polar surface area (TPSA) is 46.9 Å². The average molecular weight is 671 g/mol. The van der Waals surface area contributed by atoms with Gasteiger partial charge in [-0.3, -0.25) is 0 Å². The lowest BCUT2D eigenvalue weighted by atomic mass is 9.83. The number of aliphatic hydroxyl groups is 2. The molecule has 4 atom stereocenters. The molecule has 0 radical (unpaired) electrons. The standard InChI is InChI=1S/C31H46N2O2S6/c1-30(2,18-32-26(36)15-24-22(28(32)38)10-13-40-24)12-6-9-20(34)7-5-8-21(35)17-31(3,4)19-33-27(37)16-25-23(29(33)39)11-14-41-25/h15-16,20-23,34-35H,5-14,17-19H2,1-4H3. The van der Waals surface area contributed by atoms with E-state index in [0.29, 0.717) is 24.7 Å². The van der Waals surface area contributed by atoms with Gasteiger partial charge in [-0.25, -0.2) is 0 Å². The Kier molecular flexibility index (Phi) is 12.0. The molecule has 41 heavy (non-hydrogen) atoms. The monoisotopic (exact) mass is 670 g/mol. The molecule has 10 heteroatoms. The summed E-state index contributed by atoms with van der Waals surface area (Å²) >= 11 is 26.8. The Morgan fingerprint density at radius 3 is 1.76 bits per heavy atom. The second-order valence-electron chi connectivity index (χ2n) is 13.7. The molecule has 2 saturated heterocycles. The summed E-state index contributed by atoms with van der Waals surface area (Å²) in [5.74, 6) is 2.95. The highest BCUT2D eigenvalue weighted by atomic mass is 32.2. The number of thiocarbonyl (C=S) groups is 4. The fourth-order valence-corrected chi connectivity index (χ4v) is 10.7. The molecule has 4 unspecified atom stereocenters. The van der Waals surface area contributed by atoms with Crippen molar-refractivity contribution in [2.45, 2.75) is 97.7 Å². The van der Waals surface area contributed by atoms with Crippen molar-refractivity contribution in [3.63, 3.8) is 0 Å². The summed E-state index contributed by atoms with van der Waals surface area (Å²) in [4.78, 5) is 10.6. The first kappa shape index (κ1) is 33.9. The van der Waals surface area contributed by atoms with Crippen LogP contribution in [0.25, 0.3) is 0 Å². The van der Waals surface area contributed by atoms with E-state index in [1.54, 1.807) is 0 Å². The Hall–Kier alpha value is 0.0600. The first-order valence-corrected chi connectivity index (χ1v) is 18.6. The molecule has 0 saturated carbocycles. The van der Waals surface area contributed by atoms with Crippen molar-refractivity contribution in [2.24, 2.45) is 22.7 Å². The van der Waals surface area contributed by atoms with Gasteiger partial charge in [0.1, 0.15) is 9.98 Å². The maximum absolute atomic E-state index is 10.8. The van der Waals surface area contributed by atoms with E-state index >= 15 is 0 Å². The smallest absolute Gasteiger partial charge is 0.107 e. The van der Waals surface area contributed by atoms with Gasteiger partial charge in [-0.1, -0.05) is 83.0 Å². The quantitative estimate of drug-likeness (QED) is 0.180. The molecule has 0 amide bonds. The molecule has 0 spiro atoms. The molecule has 4 aliphatic rings. The van der Waals surface area contributed by atoms with Crippen molar-refractivity contribution in [3.05, 3.63) is 22.0 Å². The number of fused-ring (bicyclic) bond motifs is 2. The molecule has 0 aromatic rings. The second kappa shape index (κ2) is 14.4. The van der Waals surface area contributed by atoms with Crippen molar-refractivity contribution in [1.29, 1.82) is 0 Å². The summed E-state index contributed by atoms with van der Waals surface area (Å²) in [6, 6.07) is 0. The predicted molar refractivity (Wildman–Crippen MR) is 193 cm³/mol. The highest BCUT2D eigenvalue weighted by Gasteiger charge is 2.38. The molecular formula is C31H46N2O2S6. The maximum Gasteiger partial charge on any atom is 0.107 e. The minimum Gasteiger partial charge on any atom is -0.393 e. The highest BCUT2D eigenvalue weighted by molar-refractivity contribution is 8.03. The van der Waals surface area contributed by atoms with E-state index in [9.17, 15) is 10.2 Å². The van der Waals surface area contributed by atoms with Crippen LogP contribution >= 0.6 is 72.4 Å². The van der Waals surface area contributed by atoms with Gasteiger partial charge in [-0.05, 0) is 95.7 Å². The van der Waals surface area contributed by atoms with Crippen LogP contribution in [0.3, 0.4) is 0 Å². The van der Waals surface area contributed by atoms with Gasteiger partial charge in [0.25, 0.3) is 0 Å². The largest absolute Gasteiger partial charge is 0.393 e. The fourth-order valence-electron chi connectivity index (χ4n) is 6.44. The highest BCUT2D eigenvalue weighted by Crippen LogP contribution is 2.43. The molecule has 4 nitrogen and oxygen atoms in total. The molecule has 4 heterocycles. The van der Waals surface area contributed by atoms with Gasteiger partial charge >= 0.3 is 0 Å². The van der Waals surface area contributed by atoms with E-state index in [4.69, 9.17) is 48.9 Å². The Morgan fingerprint density at radius 2 is 1.22 bits per heavy atom. The Bertz CT molecular complexity index is 1100. The average Bonchev–Trinajstić information content (AvgIpc) is 3.53. The van der Waals surface area contributed by atoms with E-state index in [1.807, 2.05) is 23.5 Å². The van der Waals surface area contributed by atoms with Crippen molar-refractivity contribution in [3.8, 4) is 0 Å². The summed E-state index contributed by atoms with van der Waals surface area (Å²) in [6.07, 6.45) is 11.4. The zero-order chi connectivity index (χ0) is 29.9.